The van der Waals surface area contributed by atoms with E-state index in [1.165, 1.54) is 51.4 Å². The SMILES string of the molecule is CC(C1CC[C@@]2(C)C1CC[C@]1(C)C2CCC2[C@@]3(C)CCCC(C)(C)C3CC[C@]21C)[C@@H](O)[C@@H](O)[C@@H](O)[C@@H](O)[C@@H](O)CN. The molecule has 0 aromatic carbocycles. The third-order valence-electron chi connectivity index (χ3n) is 15.7. The fourth-order valence-electron chi connectivity index (χ4n) is 13.3. The van der Waals surface area contributed by atoms with Crippen LogP contribution in [0.1, 0.15) is 119 Å². The van der Waals surface area contributed by atoms with Crippen LogP contribution >= 0.6 is 0 Å². The number of rotatable bonds is 7. The summed E-state index contributed by atoms with van der Waals surface area (Å²) in [6.07, 6.45) is 6.79. The maximum absolute atomic E-state index is 11.2. The fraction of sp³-hybridized carbons (Fsp3) is 1.00. The van der Waals surface area contributed by atoms with Gasteiger partial charge in [0.15, 0.2) is 0 Å². The molecular weight excluding hydrogens is 514 g/mol. The van der Waals surface area contributed by atoms with Crippen LogP contribution in [0.5, 0.6) is 0 Å². The van der Waals surface area contributed by atoms with Crippen molar-refractivity contribution in [2.24, 2.45) is 68.3 Å². The monoisotopic (exact) mass is 577 g/mol. The number of hydrogen-bond acceptors (Lipinski definition) is 6. The zero-order chi connectivity index (χ0) is 30.3. The Balaban J connectivity index is 1.36. The summed E-state index contributed by atoms with van der Waals surface area (Å²) in [5.41, 5.74) is 7.20. The van der Waals surface area contributed by atoms with Crippen molar-refractivity contribution in [3.63, 3.8) is 0 Å². The highest BCUT2D eigenvalue weighted by Crippen LogP contribution is 2.78. The third kappa shape index (κ3) is 4.54. The van der Waals surface area contributed by atoms with Crippen molar-refractivity contribution in [1.29, 1.82) is 0 Å². The first-order chi connectivity index (χ1) is 19.0. The average Bonchev–Trinajstić information content (AvgIpc) is 3.27. The quantitative estimate of drug-likeness (QED) is 0.256. The Morgan fingerprint density at radius 2 is 1.17 bits per heavy atom. The Kier molecular flexibility index (Phi) is 8.38. The first-order valence-corrected chi connectivity index (χ1v) is 17.1. The zero-order valence-electron chi connectivity index (χ0n) is 27.1. The minimum atomic E-state index is -1.65. The van der Waals surface area contributed by atoms with E-state index in [0.717, 1.165) is 31.1 Å². The summed E-state index contributed by atoms with van der Waals surface area (Å²) in [4.78, 5) is 0. The molecule has 6 heteroatoms. The molecule has 0 aromatic rings. The van der Waals surface area contributed by atoms with E-state index in [1.807, 2.05) is 6.92 Å². The van der Waals surface area contributed by atoms with Gasteiger partial charge in [-0.25, -0.2) is 0 Å². The standard InChI is InChI=1S/C35H63NO5/c1-20(27(38)29(40)30(41)28(39)23(37)19-36)21-11-16-32(4)22(21)12-17-34(6)25(32)9-10-26-33(5)15-8-14-31(2,3)24(33)13-18-35(26,34)7/h20-30,37-41H,8-19,36H2,1-7H3/t20?,21?,22?,23-,24?,25?,26?,27+,28-,29+,30-,32-,33-,34+,35+/m0/s1. The lowest BCUT2D eigenvalue weighted by molar-refractivity contribution is -0.242. The van der Waals surface area contributed by atoms with Gasteiger partial charge in [0.1, 0.15) is 18.3 Å². The molecule has 5 saturated carbocycles. The van der Waals surface area contributed by atoms with Crippen molar-refractivity contribution in [1.82, 2.24) is 0 Å². The number of aliphatic hydroxyl groups is 5. The molecule has 0 spiro atoms. The molecule has 0 bridgehead atoms. The molecule has 5 rings (SSSR count). The highest BCUT2D eigenvalue weighted by Gasteiger charge is 2.70. The first-order valence-electron chi connectivity index (χ1n) is 17.1. The molecule has 0 heterocycles. The summed E-state index contributed by atoms with van der Waals surface area (Å²) in [7, 11) is 0. The summed E-state index contributed by atoms with van der Waals surface area (Å²) in [6, 6.07) is 0. The van der Waals surface area contributed by atoms with Crippen molar-refractivity contribution < 1.29 is 25.5 Å². The van der Waals surface area contributed by atoms with Gasteiger partial charge in [0.25, 0.3) is 0 Å². The molecule has 0 amide bonds. The average molecular weight is 578 g/mol. The van der Waals surface area contributed by atoms with Gasteiger partial charge in [-0.1, -0.05) is 54.9 Å². The van der Waals surface area contributed by atoms with E-state index in [4.69, 9.17) is 5.73 Å². The number of hydrogen-bond donors (Lipinski definition) is 6. The molecule has 7 N–H and O–H groups in total. The molecule has 5 aliphatic carbocycles. The van der Waals surface area contributed by atoms with Gasteiger partial charge in [-0.3, -0.25) is 0 Å². The van der Waals surface area contributed by atoms with E-state index in [0.29, 0.717) is 33.5 Å². The summed E-state index contributed by atoms with van der Waals surface area (Å²) < 4.78 is 0. The van der Waals surface area contributed by atoms with Gasteiger partial charge in [-0.15, -0.1) is 0 Å². The van der Waals surface area contributed by atoms with Gasteiger partial charge in [0.05, 0.1) is 12.2 Å². The van der Waals surface area contributed by atoms with E-state index in [-0.39, 0.29) is 23.8 Å². The Morgan fingerprint density at radius 3 is 1.78 bits per heavy atom. The number of aliphatic hydroxyl groups excluding tert-OH is 5. The van der Waals surface area contributed by atoms with Crippen LogP contribution in [0.15, 0.2) is 0 Å². The summed E-state index contributed by atoms with van der Waals surface area (Å²) in [5, 5.41) is 52.7. The predicted molar refractivity (Wildman–Crippen MR) is 163 cm³/mol. The van der Waals surface area contributed by atoms with E-state index >= 15 is 0 Å². The predicted octanol–water partition coefficient (Wildman–Crippen LogP) is 4.88. The van der Waals surface area contributed by atoms with Gasteiger partial charge in [-0.05, 0) is 127 Å². The second-order valence-corrected chi connectivity index (χ2v) is 17.4. The molecule has 0 aliphatic heterocycles. The molecule has 238 valence electrons. The van der Waals surface area contributed by atoms with Crippen LogP contribution in [0.4, 0.5) is 0 Å². The van der Waals surface area contributed by atoms with Gasteiger partial charge >= 0.3 is 0 Å². The van der Waals surface area contributed by atoms with Crippen LogP contribution in [-0.4, -0.2) is 62.6 Å². The summed E-state index contributed by atoms with van der Waals surface area (Å²) in [5.74, 6) is 2.81. The molecule has 0 aromatic heterocycles. The minimum Gasteiger partial charge on any atom is -0.390 e. The van der Waals surface area contributed by atoms with E-state index in [1.54, 1.807) is 0 Å². The highest BCUT2D eigenvalue weighted by atomic mass is 16.4. The fourth-order valence-corrected chi connectivity index (χ4v) is 13.3. The van der Waals surface area contributed by atoms with Crippen LogP contribution in [-0.2, 0) is 0 Å². The Labute approximate surface area is 249 Å². The molecule has 6 unspecified atom stereocenters. The van der Waals surface area contributed by atoms with Crippen molar-refractivity contribution in [3.05, 3.63) is 0 Å². The van der Waals surface area contributed by atoms with Crippen molar-refractivity contribution in [3.8, 4) is 0 Å². The van der Waals surface area contributed by atoms with Crippen LogP contribution in [0.2, 0.25) is 0 Å². The molecule has 0 radical (unpaired) electrons. The first kappa shape index (κ1) is 32.2. The molecule has 41 heavy (non-hydrogen) atoms. The van der Waals surface area contributed by atoms with E-state index in [2.05, 4.69) is 41.5 Å². The lowest BCUT2D eigenvalue weighted by atomic mass is 9.32. The zero-order valence-corrected chi connectivity index (χ0v) is 27.1. The maximum atomic E-state index is 11.2. The van der Waals surface area contributed by atoms with Crippen molar-refractivity contribution in [2.45, 2.75) is 150 Å². The van der Waals surface area contributed by atoms with Gasteiger partial charge in [-0.2, -0.15) is 0 Å². The largest absolute Gasteiger partial charge is 0.390 e. The Hall–Kier alpha value is -0.240. The smallest absolute Gasteiger partial charge is 0.111 e. The van der Waals surface area contributed by atoms with Crippen molar-refractivity contribution >= 4 is 0 Å². The van der Waals surface area contributed by atoms with Crippen LogP contribution < -0.4 is 5.73 Å². The highest BCUT2D eigenvalue weighted by molar-refractivity contribution is 5.19. The lowest BCUT2D eigenvalue weighted by Crippen LogP contribution is -2.65. The number of nitrogens with two attached hydrogens (primary N) is 1. The lowest BCUT2D eigenvalue weighted by Gasteiger charge is -2.73. The molecule has 15 atom stereocenters. The van der Waals surface area contributed by atoms with Crippen LogP contribution in [0.3, 0.4) is 0 Å². The van der Waals surface area contributed by atoms with Gasteiger partial charge in [0.2, 0.25) is 0 Å². The van der Waals surface area contributed by atoms with Crippen LogP contribution in [0, 0.1) is 62.6 Å². The van der Waals surface area contributed by atoms with Gasteiger partial charge < -0.3 is 31.3 Å². The summed E-state index contributed by atoms with van der Waals surface area (Å²) in [6.45, 7) is 17.4. The molecule has 5 aliphatic rings. The van der Waals surface area contributed by atoms with Gasteiger partial charge in [0, 0.05) is 6.54 Å². The van der Waals surface area contributed by atoms with Crippen LogP contribution in [0.25, 0.3) is 0 Å². The second kappa shape index (κ2) is 10.7. The third-order valence-corrected chi connectivity index (χ3v) is 15.7. The molecular formula is C35H63NO5. The second-order valence-electron chi connectivity index (χ2n) is 17.4. The molecule has 0 saturated heterocycles. The number of fused-ring (bicyclic) bond motifs is 7. The summed E-state index contributed by atoms with van der Waals surface area (Å²) >= 11 is 0. The molecule has 6 nitrogen and oxygen atoms in total. The normalized spacial score (nSPS) is 49.8. The van der Waals surface area contributed by atoms with E-state index in [9.17, 15) is 25.5 Å². The topological polar surface area (TPSA) is 127 Å². The molecule has 5 fully saturated rings. The Morgan fingerprint density at radius 1 is 0.610 bits per heavy atom. The minimum absolute atomic E-state index is 0.210. The maximum Gasteiger partial charge on any atom is 0.111 e. The Bertz CT molecular complexity index is 959. The van der Waals surface area contributed by atoms with E-state index < -0.39 is 30.5 Å². The van der Waals surface area contributed by atoms with Crippen molar-refractivity contribution in [2.75, 3.05) is 6.54 Å².